The minimum atomic E-state index is -0.266. The molecular weight excluding hydrogens is 442 g/mol. The van der Waals surface area contributed by atoms with Gasteiger partial charge in [-0.3, -0.25) is 14.6 Å². The van der Waals surface area contributed by atoms with Crippen LogP contribution in [0.5, 0.6) is 5.75 Å². The molecule has 0 unspecified atom stereocenters. The first-order valence-electron chi connectivity index (χ1n) is 11.3. The highest BCUT2D eigenvalue weighted by atomic mass is 16.3. The molecule has 3 aromatic heterocycles. The first-order valence-corrected chi connectivity index (χ1v) is 11.3. The maximum Gasteiger partial charge on any atom is 0.273 e. The third kappa shape index (κ3) is 4.23. The van der Waals surface area contributed by atoms with E-state index in [1.54, 1.807) is 36.5 Å². The largest absolute Gasteiger partial charge is 0.508 e. The van der Waals surface area contributed by atoms with Crippen LogP contribution in [0.15, 0.2) is 60.9 Å². The van der Waals surface area contributed by atoms with Gasteiger partial charge in [0, 0.05) is 54.1 Å². The molecule has 0 fully saturated rings. The van der Waals surface area contributed by atoms with Gasteiger partial charge in [-0.15, -0.1) is 0 Å². The van der Waals surface area contributed by atoms with Crippen LogP contribution in [0, 0.1) is 6.92 Å². The summed E-state index contributed by atoms with van der Waals surface area (Å²) in [5.74, 6) is 0.209. The molecule has 1 amide bonds. The van der Waals surface area contributed by atoms with E-state index in [0.29, 0.717) is 23.3 Å². The quantitative estimate of drug-likeness (QED) is 0.387. The third-order valence-electron chi connectivity index (χ3n) is 6.07. The van der Waals surface area contributed by atoms with E-state index in [2.05, 4.69) is 20.3 Å². The van der Waals surface area contributed by atoms with Crippen molar-refractivity contribution in [3.63, 3.8) is 0 Å². The molecule has 2 N–H and O–H groups in total. The Morgan fingerprint density at radius 2 is 1.94 bits per heavy atom. The number of amides is 1. The lowest BCUT2D eigenvalue weighted by molar-refractivity contribution is 0.0781. The first kappa shape index (κ1) is 22.3. The van der Waals surface area contributed by atoms with Crippen LogP contribution in [0.3, 0.4) is 0 Å². The summed E-state index contributed by atoms with van der Waals surface area (Å²) in [5, 5.41) is 22.0. The maximum absolute atomic E-state index is 13.6. The summed E-state index contributed by atoms with van der Waals surface area (Å²) in [7, 11) is 1.74. The van der Waals surface area contributed by atoms with Crippen LogP contribution in [0.2, 0.25) is 0 Å². The van der Waals surface area contributed by atoms with Gasteiger partial charge in [0.1, 0.15) is 11.4 Å². The monoisotopic (exact) mass is 467 g/mol. The highest BCUT2D eigenvalue weighted by Gasteiger charge is 2.21. The minimum Gasteiger partial charge on any atom is -0.508 e. The van der Waals surface area contributed by atoms with Gasteiger partial charge in [0.15, 0.2) is 5.82 Å². The highest BCUT2D eigenvalue weighted by Crippen LogP contribution is 2.28. The second-order valence-electron chi connectivity index (χ2n) is 8.38. The molecule has 0 saturated heterocycles. The number of carbonyl (C=O) groups is 1. The van der Waals surface area contributed by atoms with E-state index in [1.807, 2.05) is 48.9 Å². The van der Waals surface area contributed by atoms with E-state index in [4.69, 9.17) is 4.98 Å². The van der Waals surface area contributed by atoms with Gasteiger partial charge in [0.2, 0.25) is 0 Å². The number of aromatic hydroxyl groups is 1. The van der Waals surface area contributed by atoms with Gasteiger partial charge in [0.25, 0.3) is 5.91 Å². The van der Waals surface area contributed by atoms with Gasteiger partial charge in [0.05, 0.1) is 17.4 Å². The number of phenolic OH excluding ortho intramolecular Hbond substituents is 1. The van der Waals surface area contributed by atoms with E-state index in [1.165, 1.54) is 6.07 Å². The molecular formula is C26H25N7O2. The van der Waals surface area contributed by atoms with Crippen molar-refractivity contribution in [1.29, 1.82) is 0 Å². The summed E-state index contributed by atoms with van der Waals surface area (Å²) in [5.41, 5.74) is 5.37. The van der Waals surface area contributed by atoms with E-state index in [0.717, 1.165) is 34.6 Å². The second-order valence-corrected chi connectivity index (χ2v) is 8.38. The van der Waals surface area contributed by atoms with Crippen LogP contribution >= 0.6 is 0 Å². The maximum atomic E-state index is 13.6. The number of hydrogen-bond acceptors (Lipinski definition) is 6. The molecule has 0 aliphatic carbocycles. The Morgan fingerprint density at radius 1 is 1.11 bits per heavy atom. The number of aromatic nitrogens is 6. The van der Waals surface area contributed by atoms with Crippen LogP contribution in [0.4, 0.5) is 0 Å². The molecule has 5 aromatic rings. The van der Waals surface area contributed by atoms with Crippen molar-refractivity contribution in [1.82, 2.24) is 34.8 Å². The molecule has 0 spiro atoms. The van der Waals surface area contributed by atoms with Crippen LogP contribution in [-0.4, -0.2) is 52.9 Å². The lowest BCUT2D eigenvalue weighted by Crippen LogP contribution is -2.27. The van der Waals surface area contributed by atoms with Crippen LogP contribution in [-0.2, 0) is 13.1 Å². The van der Waals surface area contributed by atoms with Crippen molar-refractivity contribution < 1.29 is 9.90 Å². The van der Waals surface area contributed by atoms with Crippen molar-refractivity contribution in [2.24, 2.45) is 0 Å². The van der Waals surface area contributed by atoms with Crippen molar-refractivity contribution in [3.05, 3.63) is 77.9 Å². The summed E-state index contributed by atoms with van der Waals surface area (Å²) in [6, 6.07) is 14.4. The molecule has 0 bridgehead atoms. The number of fused-ring (bicyclic) bond motifs is 1. The van der Waals surface area contributed by atoms with E-state index < -0.39 is 0 Å². The molecule has 0 atom stereocenters. The smallest absolute Gasteiger partial charge is 0.273 e. The summed E-state index contributed by atoms with van der Waals surface area (Å²) in [6.07, 6.45) is 3.48. The Morgan fingerprint density at radius 3 is 2.69 bits per heavy atom. The normalized spacial score (nSPS) is 11.2. The average Bonchev–Trinajstić information content (AvgIpc) is 3.53. The van der Waals surface area contributed by atoms with E-state index >= 15 is 0 Å². The number of aryl methyl sites for hydroxylation is 1. The zero-order valence-electron chi connectivity index (χ0n) is 19.7. The number of nitrogens with zero attached hydrogens (tertiary/aromatic N) is 6. The molecule has 176 valence electrons. The topological polar surface area (TPSA) is 113 Å². The second kappa shape index (κ2) is 9.02. The molecule has 0 aliphatic rings. The lowest BCUT2D eigenvalue weighted by atomic mass is 10.1. The molecule has 5 rings (SSSR count). The predicted molar refractivity (Wildman–Crippen MR) is 133 cm³/mol. The number of benzene rings is 2. The Hall–Kier alpha value is -4.53. The van der Waals surface area contributed by atoms with Crippen LogP contribution < -0.4 is 0 Å². The van der Waals surface area contributed by atoms with Crippen LogP contribution in [0.25, 0.3) is 33.5 Å². The van der Waals surface area contributed by atoms with Crippen molar-refractivity contribution in [3.8, 4) is 28.4 Å². The summed E-state index contributed by atoms with van der Waals surface area (Å²) in [4.78, 5) is 24.6. The van der Waals surface area contributed by atoms with Crippen molar-refractivity contribution in [2.75, 3.05) is 7.05 Å². The van der Waals surface area contributed by atoms with Gasteiger partial charge in [-0.2, -0.15) is 10.2 Å². The Balaban J connectivity index is 1.57. The fourth-order valence-electron chi connectivity index (χ4n) is 4.12. The Labute approximate surface area is 202 Å². The van der Waals surface area contributed by atoms with Gasteiger partial charge in [-0.25, -0.2) is 9.97 Å². The molecule has 0 aliphatic heterocycles. The number of H-pyrrole nitrogens is 1. The van der Waals surface area contributed by atoms with Gasteiger partial charge in [-0.05, 0) is 44.2 Å². The number of nitrogens with one attached hydrogen (secondary N) is 1. The minimum absolute atomic E-state index is 0.0480. The Bertz CT molecular complexity index is 1520. The molecule has 9 heteroatoms. The zero-order valence-corrected chi connectivity index (χ0v) is 19.7. The fourth-order valence-corrected chi connectivity index (χ4v) is 4.12. The zero-order chi connectivity index (χ0) is 24.5. The highest BCUT2D eigenvalue weighted by molar-refractivity contribution is 6.05. The van der Waals surface area contributed by atoms with Gasteiger partial charge in [-0.1, -0.05) is 18.2 Å². The number of phenols is 1. The Kier molecular flexibility index (Phi) is 5.74. The fraction of sp³-hybridized carbons (Fsp3) is 0.192. The average molecular weight is 468 g/mol. The van der Waals surface area contributed by atoms with Crippen molar-refractivity contribution >= 4 is 16.8 Å². The molecule has 35 heavy (non-hydrogen) atoms. The number of carbonyl (C=O) groups excluding carboxylic acids is 1. The van der Waals surface area contributed by atoms with E-state index in [9.17, 15) is 9.90 Å². The first-order chi connectivity index (χ1) is 16.9. The summed E-state index contributed by atoms with van der Waals surface area (Å²) >= 11 is 0. The number of rotatable bonds is 6. The molecule has 0 radical (unpaired) electrons. The van der Waals surface area contributed by atoms with Crippen LogP contribution in [0.1, 0.15) is 28.7 Å². The summed E-state index contributed by atoms with van der Waals surface area (Å²) in [6.45, 7) is 5.17. The molecule has 3 heterocycles. The number of aromatic amines is 1. The van der Waals surface area contributed by atoms with E-state index in [-0.39, 0.29) is 17.4 Å². The standard InChI is InChI=1S/C26H25N7O2/c1-4-33-16(2)19(14-28-33)15-32(3)26(35)24-21-13-20(34)8-9-23(21)29-25(30-24)18-7-5-6-17(12-18)22-10-11-27-31-22/h5-14,34H,4,15H2,1-3H3,(H,27,31). The third-order valence-corrected chi connectivity index (χ3v) is 6.07. The molecule has 9 nitrogen and oxygen atoms in total. The van der Waals surface area contributed by atoms with Gasteiger partial charge < -0.3 is 10.0 Å². The summed E-state index contributed by atoms with van der Waals surface area (Å²) < 4.78 is 1.90. The lowest BCUT2D eigenvalue weighted by Gasteiger charge is -2.18. The molecule has 2 aromatic carbocycles. The van der Waals surface area contributed by atoms with Gasteiger partial charge >= 0.3 is 0 Å². The molecule has 0 saturated carbocycles. The number of hydrogen-bond donors (Lipinski definition) is 2. The SMILES string of the molecule is CCn1ncc(CN(C)C(=O)c2nc(-c3cccc(-c4ccn[nH]4)c3)nc3ccc(O)cc23)c1C. The predicted octanol–water partition coefficient (Wildman–Crippen LogP) is 4.19. The van der Waals surface area contributed by atoms with Crippen molar-refractivity contribution in [2.45, 2.75) is 26.9 Å².